The van der Waals surface area contributed by atoms with Gasteiger partial charge < -0.3 is 35.0 Å². The molecule has 0 aromatic rings. The van der Waals surface area contributed by atoms with Crippen LogP contribution in [0.1, 0.15) is 0 Å². The van der Waals surface area contributed by atoms with E-state index in [2.05, 4.69) is 5.32 Å². The Kier molecular flexibility index (Phi) is 21.3. The first kappa shape index (κ1) is 31.7. The average molecular weight is 364 g/mol. The van der Waals surface area contributed by atoms with Gasteiger partial charge in [0.25, 0.3) is 0 Å². The molecule has 1 saturated heterocycles. The zero-order valence-corrected chi connectivity index (χ0v) is 16.6. The average Bonchev–Trinajstić information content (AvgIpc) is 2.45. The van der Waals surface area contributed by atoms with Gasteiger partial charge in [0.2, 0.25) is 0 Å². The SMILES string of the molecule is O=C([O-])CN1CCNCCN(CC(=O)[O-])CCN(CC(=O)[O-])CC1.[Li+].[Li+].[Li+]. The van der Waals surface area contributed by atoms with Gasteiger partial charge in [0.05, 0.1) is 17.9 Å². The molecular weight excluding hydrogens is 341 g/mol. The second-order valence-electron chi connectivity index (χ2n) is 5.69. The van der Waals surface area contributed by atoms with Gasteiger partial charge in [-0.25, -0.2) is 0 Å². The van der Waals surface area contributed by atoms with Crippen molar-refractivity contribution in [1.29, 1.82) is 0 Å². The van der Waals surface area contributed by atoms with E-state index in [1.165, 1.54) is 0 Å². The van der Waals surface area contributed by atoms with Gasteiger partial charge in [-0.05, 0) is 0 Å². The number of hydrogen-bond acceptors (Lipinski definition) is 10. The molecule has 0 aromatic carbocycles. The van der Waals surface area contributed by atoms with Crippen LogP contribution in [0, 0.1) is 0 Å². The van der Waals surface area contributed by atoms with E-state index in [9.17, 15) is 29.7 Å². The fraction of sp³-hybridized carbons (Fsp3) is 0.786. The zero-order valence-electron chi connectivity index (χ0n) is 16.6. The van der Waals surface area contributed by atoms with Gasteiger partial charge in [-0.1, -0.05) is 0 Å². The Labute approximate surface area is 195 Å². The van der Waals surface area contributed by atoms with Crippen LogP contribution in [0.4, 0.5) is 0 Å². The molecule has 0 atom stereocenters. The molecule has 0 bridgehead atoms. The second kappa shape index (κ2) is 18.1. The van der Waals surface area contributed by atoms with E-state index < -0.39 is 17.9 Å². The van der Waals surface area contributed by atoms with Crippen LogP contribution in [0.25, 0.3) is 0 Å². The van der Waals surface area contributed by atoms with Crippen LogP contribution in [0.2, 0.25) is 0 Å². The summed E-state index contributed by atoms with van der Waals surface area (Å²) >= 11 is 0. The van der Waals surface area contributed by atoms with E-state index in [-0.39, 0.29) is 76.2 Å². The molecule has 1 fully saturated rings. The predicted molar refractivity (Wildman–Crippen MR) is 77.2 cm³/mol. The minimum absolute atomic E-state index is 0. The molecule has 0 unspecified atom stereocenters. The maximum absolute atomic E-state index is 10.9. The largest absolute Gasteiger partial charge is 1.00 e. The predicted octanol–water partition coefficient (Wildman–Crippen LogP) is -15.2. The summed E-state index contributed by atoms with van der Waals surface area (Å²) in [6.45, 7) is 2.65. The van der Waals surface area contributed by atoms with Crippen molar-refractivity contribution in [1.82, 2.24) is 20.0 Å². The molecule has 1 aliphatic heterocycles. The third-order valence-electron chi connectivity index (χ3n) is 3.73. The van der Waals surface area contributed by atoms with Crippen LogP contribution in [0.5, 0.6) is 0 Å². The van der Waals surface area contributed by atoms with Crippen LogP contribution < -0.4 is 77.2 Å². The Hall–Kier alpha value is 0.0422. The van der Waals surface area contributed by atoms with Crippen molar-refractivity contribution in [3.8, 4) is 0 Å². The van der Waals surface area contributed by atoms with Gasteiger partial charge in [-0.2, -0.15) is 0 Å². The fourth-order valence-corrected chi connectivity index (χ4v) is 2.52. The molecule has 1 N–H and O–H groups in total. The monoisotopic (exact) mass is 364 g/mol. The van der Waals surface area contributed by atoms with Crippen molar-refractivity contribution >= 4 is 17.9 Å². The Morgan fingerprint density at radius 3 is 1.11 bits per heavy atom. The molecule has 27 heavy (non-hydrogen) atoms. The summed E-state index contributed by atoms with van der Waals surface area (Å²) in [5, 5.41) is 35.6. The summed E-state index contributed by atoms with van der Waals surface area (Å²) in [5.41, 5.74) is 0. The third kappa shape index (κ3) is 16.7. The van der Waals surface area contributed by atoms with Crippen LogP contribution in [-0.2, 0) is 14.4 Å². The molecule has 138 valence electrons. The summed E-state index contributed by atoms with van der Waals surface area (Å²) in [6.07, 6.45) is 0. The minimum atomic E-state index is -1.23. The molecule has 13 heteroatoms. The van der Waals surface area contributed by atoms with E-state index in [0.29, 0.717) is 52.4 Å². The molecule has 0 saturated carbocycles. The van der Waals surface area contributed by atoms with E-state index in [1.807, 2.05) is 0 Å². The number of nitrogens with zero attached hydrogens (tertiary/aromatic N) is 3. The van der Waals surface area contributed by atoms with Crippen LogP contribution >= 0.6 is 0 Å². The Balaban J connectivity index is -0.00000192. The summed E-state index contributed by atoms with van der Waals surface area (Å²) < 4.78 is 0. The first-order valence-electron chi connectivity index (χ1n) is 7.84. The number of carboxylic acids is 3. The molecular formula is C14H23Li3N4O6. The topological polar surface area (TPSA) is 142 Å². The smallest absolute Gasteiger partial charge is 0.549 e. The zero-order chi connectivity index (χ0) is 17.9. The van der Waals surface area contributed by atoms with Gasteiger partial charge in [-0.15, -0.1) is 0 Å². The van der Waals surface area contributed by atoms with E-state index in [4.69, 9.17) is 0 Å². The Morgan fingerprint density at radius 2 is 0.852 bits per heavy atom. The van der Waals surface area contributed by atoms with Crippen LogP contribution in [-0.4, -0.2) is 105 Å². The first-order valence-corrected chi connectivity index (χ1v) is 7.84. The normalized spacial score (nSPS) is 17.8. The van der Waals surface area contributed by atoms with Crippen molar-refractivity contribution in [2.45, 2.75) is 0 Å². The van der Waals surface area contributed by atoms with Crippen molar-refractivity contribution in [3.05, 3.63) is 0 Å². The molecule has 10 nitrogen and oxygen atoms in total. The molecule has 0 aromatic heterocycles. The molecule has 1 rings (SSSR count). The van der Waals surface area contributed by atoms with Gasteiger partial charge in [-0.3, -0.25) is 14.7 Å². The van der Waals surface area contributed by atoms with E-state index in [0.717, 1.165) is 0 Å². The standard InChI is InChI=1S/C14H26N4O6.3Li/c19-12(20)9-16-3-1-15-2-4-17(10-13(21)22)6-8-18(7-5-16)11-14(23)24;;;/h15H,1-11H2,(H,19,20)(H,21,22)(H,23,24);;;/q;3*+1/p-3. The van der Waals surface area contributed by atoms with Gasteiger partial charge >= 0.3 is 56.6 Å². The second-order valence-corrected chi connectivity index (χ2v) is 5.69. The third-order valence-corrected chi connectivity index (χ3v) is 3.73. The Morgan fingerprint density at radius 1 is 0.593 bits per heavy atom. The maximum Gasteiger partial charge on any atom is 1.00 e. The van der Waals surface area contributed by atoms with Crippen molar-refractivity contribution in [2.75, 3.05) is 72.0 Å². The first-order chi connectivity index (χ1) is 11.4. The molecule has 0 radical (unpaired) electrons. The molecule has 0 amide bonds. The summed E-state index contributed by atoms with van der Waals surface area (Å²) in [4.78, 5) is 37.4. The summed E-state index contributed by atoms with van der Waals surface area (Å²) in [5.74, 6) is -3.61. The number of nitrogens with one attached hydrogen (secondary N) is 1. The number of carbonyl (C=O) groups excluding carboxylic acids is 3. The molecule has 0 spiro atoms. The van der Waals surface area contributed by atoms with Gasteiger partial charge in [0.1, 0.15) is 0 Å². The quantitative estimate of drug-likeness (QED) is 0.451. The maximum atomic E-state index is 10.9. The van der Waals surface area contributed by atoms with Crippen LogP contribution in [0.15, 0.2) is 0 Å². The van der Waals surface area contributed by atoms with Crippen molar-refractivity contribution < 1.29 is 86.3 Å². The number of hydrogen-bond donors (Lipinski definition) is 1. The number of carbonyl (C=O) groups is 3. The van der Waals surface area contributed by atoms with Crippen LogP contribution in [0.3, 0.4) is 0 Å². The molecule has 0 aliphatic carbocycles. The summed E-state index contributed by atoms with van der Waals surface area (Å²) in [6, 6.07) is 0. The number of aliphatic carboxylic acids is 3. The molecule has 1 aliphatic rings. The molecule has 1 heterocycles. The number of rotatable bonds is 6. The van der Waals surface area contributed by atoms with Crippen molar-refractivity contribution in [2.24, 2.45) is 0 Å². The minimum Gasteiger partial charge on any atom is -0.549 e. The van der Waals surface area contributed by atoms with Crippen molar-refractivity contribution in [3.63, 3.8) is 0 Å². The van der Waals surface area contributed by atoms with E-state index in [1.54, 1.807) is 14.7 Å². The Bertz CT molecular complexity index is 417. The summed E-state index contributed by atoms with van der Waals surface area (Å²) in [7, 11) is 0. The van der Waals surface area contributed by atoms with Gasteiger partial charge in [0, 0.05) is 72.0 Å². The van der Waals surface area contributed by atoms with Gasteiger partial charge in [0.15, 0.2) is 0 Å². The fourth-order valence-electron chi connectivity index (χ4n) is 2.52. The van der Waals surface area contributed by atoms with E-state index >= 15 is 0 Å². The number of carboxylic acid groups (broad SMARTS) is 3.